The summed E-state index contributed by atoms with van der Waals surface area (Å²) in [5.41, 5.74) is 2.62. The third kappa shape index (κ3) is 3.31. The third-order valence-corrected chi connectivity index (χ3v) is 3.23. The Morgan fingerprint density at radius 1 is 1.00 bits per heavy atom. The van der Waals surface area contributed by atoms with Crippen molar-refractivity contribution in [2.45, 2.75) is 13.5 Å². The summed E-state index contributed by atoms with van der Waals surface area (Å²) in [5, 5.41) is 22.6. The smallest absolute Gasteiger partial charge is 0.200 e. The summed E-state index contributed by atoms with van der Waals surface area (Å²) in [4.78, 5) is 0. The highest BCUT2D eigenvalue weighted by Gasteiger charge is 2.11. The van der Waals surface area contributed by atoms with Gasteiger partial charge < -0.3 is 25.0 Å². The van der Waals surface area contributed by atoms with Gasteiger partial charge in [0, 0.05) is 12.2 Å². The van der Waals surface area contributed by atoms with E-state index in [0.29, 0.717) is 18.0 Å². The van der Waals surface area contributed by atoms with Crippen molar-refractivity contribution in [3.05, 3.63) is 41.5 Å². The summed E-state index contributed by atoms with van der Waals surface area (Å²) in [7, 11) is 2.99. The van der Waals surface area contributed by atoms with Crippen LogP contribution in [-0.2, 0) is 6.54 Å². The van der Waals surface area contributed by atoms with Crippen LogP contribution in [0, 0.1) is 6.92 Å². The van der Waals surface area contributed by atoms with Gasteiger partial charge in [-0.25, -0.2) is 0 Å². The summed E-state index contributed by atoms with van der Waals surface area (Å²) in [6.45, 7) is 2.38. The van der Waals surface area contributed by atoms with Crippen LogP contribution < -0.4 is 14.8 Å². The van der Waals surface area contributed by atoms with Crippen molar-refractivity contribution in [2.24, 2.45) is 0 Å². The maximum atomic E-state index is 9.87. The number of anilines is 1. The van der Waals surface area contributed by atoms with Crippen molar-refractivity contribution in [3.63, 3.8) is 0 Å². The molecule has 0 aliphatic rings. The zero-order valence-corrected chi connectivity index (χ0v) is 12.3. The lowest BCUT2D eigenvalue weighted by Gasteiger charge is -2.13. The third-order valence-electron chi connectivity index (χ3n) is 3.23. The van der Waals surface area contributed by atoms with E-state index in [2.05, 4.69) is 5.32 Å². The lowest BCUT2D eigenvalue weighted by Crippen LogP contribution is -2.01. The zero-order chi connectivity index (χ0) is 15.4. The summed E-state index contributed by atoms with van der Waals surface area (Å²) < 4.78 is 10.2. The second kappa shape index (κ2) is 6.26. The summed E-state index contributed by atoms with van der Waals surface area (Å²) in [5.74, 6) is 0.999. The Labute approximate surface area is 123 Å². The van der Waals surface area contributed by atoms with E-state index in [-0.39, 0.29) is 11.5 Å². The number of hydrogen-bond donors (Lipinski definition) is 3. The lowest BCUT2D eigenvalue weighted by molar-refractivity contribution is 0.339. The Kier molecular flexibility index (Phi) is 4.42. The molecule has 0 amide bonds. The fourth-order valence-corrected chi connectivity index (χ4v) is 2.02. The van der Waals surface area contributed by atoms with Gasteiger partial charge in [-0.15, -0.1) is 0 Å². The molecule has 0 unspecified atom stereocenters. The fourth-order valence-electron chi connectivity index (χ4n) is 2.02. The topological polar surface area (TPSA) is 71.0 Å². The van der Waals surface area contributed by atoms with Crippen LogP contribution in [0.25, 0.3) is 0 Å². The summed E-state index contributed by atoms with van der Waals surface area (Å²) in [6.07, 6.45) is 0. The number of benzene rings is 2. The van der Waals surface area contributed by atoms with Gasteiger partial charge in [-0.2, -0.15) is 0 Å². The molecule has 0 saturated carbocycles. The van der Waals surface area contributed by atoms with Gasteiger partial charge in [0.2, 0.25) is 5.75 Å². The van der Waals surface area contributed by atoms with Crippen molar-refractivity contribution in [3.8, 4) is 23.0 Å². The fraction of sp³-hybridized carbons (Fsp3) is 0.250. The average Bonchev–Trinajstić information content (AvgIpc) is 2.49. The van der Waals surface area contributed by atoms with E-state index in [9.17, 15) is 10.2 Å². The molecule has 21 heavy (non-hydrogen) atoms. The molecule has 0 fully saturated rings. The molecule has 5 heteroatoms. The molecular formula is C16H19NO4. The first kappa shape index (κ1) is 14.8. The van der Waals surface area contributed by atoms with E-state index in [1.165, 1.54) is 14.2 Å². The Bertz CT molecular complexity index is 615. The molecule has 2 aromatic carbocycles. The Morgan fingerprint density at radius 2 is 1.62 bits per heavy atom. The van der Waals surface area contributed by atoms with Crippen LogP contribution in [0.3, 0.4) is 0 Å². The molecule has 5 nitrogen and oxygen atoms in total. The number of aromatic hydroxyl groups is 2. The summed E-state index contributed by atoms with van der Waals surface area (Å²) in [6, 6.07) is 8.81. The molecule has 0 radical (unpaired) electrons. The monoisotopic (exact) mass is 289 g/mol. The minimum absolute atomic E-state index is 0.00997. The van der Waals surface area contributed by atoms with Gasteiger partial charge in [-0.05, 0) is 48.4 Å². The van der Waals surface area contributed by atoms with Crippen LogP contribution >= 0.6 is 0 Å². The van der Waals surface area contributed by atoms with Crippen LogP contribution in [-0.4, -0.2) is 24.4 Å². The Morgan fingerprint density at radius 3 is 2.14 bits per heavy atom. The molecule has 2 rings (SSSR count). The SMILES string of the molecule is COc1cc(CNc2ccc(O)c(C)c2)cc(OC)c1O. The van der Waals surface area contributed by atoms with Gasteiger partial charge in [0.15, 0.2) is 11.5 Å². The highest BCUT2D eigenvalue weighted by atomic mass is 16.5. The first-order valence-electron chi connectivity index (χ1n) is 6.52. The standard InChI is InChI=1S/C16H19NO4/c1-10-6-12(4-5-13(10)18)17-9-11-7-14(20-2)16(19)15(8-11)21-3/h4-8,17-19H,9H2,1-3H3. The van der Waals surface area contributed by atoms with E-state index < -0.39 is 0 Å². The van der Waals surface area contributed by atoms with E-state index in [0.717, 1.165) is 16.8 Å². The molecule has 0 aromatic heterocycles. The maximum Gasteiger partial charge on any atom is 0.200 e. The van der Waals surface area contributed by atoms with E-state index in [1.54, 1.807) is 24.3 Å². The van der Waals surface area contributed by atoms with E-state index >= 15 is 0 Å². The number of hydrogen-bond acceptors (Lipinski definition) is 5. The molecule has 0 heterocycles. The number of aryl methyl sites for hydroxylation is 1. The highest BCUT2D eigenvalue weighted by Crippen LogP contribution is 2.37. The number of methoxy groups -OCH3 is 2. The number of phenolic OH excluding ortho intramolecular Hbond substituents is 2. The number of nitrogens with one attached hydrogen (secondary N) is 1. The highest BCUT2D eigenvalue weighted by molar-refractivity contribution is 5.54. The molecule has 0 saturated heterocycles. The first-order chi connectivity index (χ1) is 10.0. The van der Waals surface area contributed by atoms with Crippen molar-refractivity contribution in [1.29, 1.82) is 0 Å². The molecule has 0 aliphatic carbocycles. The Balaban J connectivity index is 2.17. The number of ether oxygens (including phenoxy) is 2. The minimum atomic E-state index is -0.00997. The molecule has 3 N–H and O–H groups in total. The summed E-state index contributed by atoms with van der Waals surface area (Å²) >= 11 is 0. The molecular weight excluding hydrogens is 270 g/mol. The molecule has 0 bridgehead atoms. The van der Waals surface area contributed by atoms with Gasteiger partial charge in [-0.3, -0.25) is 0 Å². The van der Waals surface area contributed by atoms with Crippen molar-refractivity contribution in [2.75, 3.05) is 19.5 Å². The predicted molar refractivity (Wildman–Crippen MR) is 81.4 cm³/mol. The quantitative estimate of drug-likeness (QED) is 0.738. The van der Waals surface area contributed by atoms with Gasteiger partial charge in [0.1, 0.15) is 5.75 Å². The van der Waals surface area contributed by atoms with Gasteiger partial charge in [0.05, 0.1) is 14.2 Å². The first-order valence-corrected chi connectivity index (χ1v) is 6.52. The van der Waals surface area contributed by atoms with Crippen molar-refractivity contribution >= 4 is 5.69 Å². The normalized spacial score (nSPS) is 10.2. The lowest BCUT2D eigenvalue weighted by atomic mass is 10.1. The van der Waals surface area contributed by atoms with E-state index in [4.69, 9.17) is 9.47 Å². The van der Waals surface area contributed by atoms with Gasteiger partial charge in [-0.1, -0.05) is 0 Å². The predicted octanol–water partition coefficient (Wildman–Crippen LogP) is 3.04. The van der Waals surface area contributed by atoms with E-state index in [1.807, 2.05) is 13.0 Å². The second-order valence-electron chi connectivity index (χ2n) is 4.70. The zero-order valence-electron chi connectivity index (χ0n) is 12.3. The molecule has 2 aromatic rings. The maximum absolute atomic E-state index is 9.87. The van der Waals surface area contributed by atoms with Crippen molar-refractivity contribution in [1.82, 2.24) is 0 Å². The second-order valence-corrected chi connectivity index (χ2v) is 4.70. The largest absolute Gasteiger partial charge is 0.508 e. The van der Waals surface area contributed by atoms with Crippen LogP contribution in [0.4, 0.5) is 5.69 Å². The van der Waals surface area contributed by atoms with Crippen molar-refractivity contribution < 1.29 is 19.7 Å². The van der Waals surface area contributed by atoms with Gasteiger partial charge >= 0.3 is 0 Å². The van der Waals surface area contributed by atoms with Crippen LogP contribution in [0.2, 0.25) is 0 Å². The molecule has 0 atom stereocenters. The molecule has 0 spiro atoms. The van der Waals surface area contributed by atoms with Crippen LogP contribution in [0.15, 0.2) is 30.3 Å². The molecule has 112 valence electrons. The van der Waals surface area contributed by atoms with Crippen LogP contribution in [0.5, 0.6) is 23.0 Å². The van der Waals surface area contributed by atoms with Gasteiger partial charge in [0.25, 0.3) is 0 Å². The Hall–Kier alpha value is -2.56. The minimum Gasteiger partial charge on any atom is -0.508 e. The average molecular weight is 289 g/mol. The van der Waals surface area contributed by atoms with Crippen LogP contribution in [0.1, 0.15) is 11.1 Å². The molecule has 0 aliphatic heterocycles. The number of rotatable bonds is 5. The number of phenols is 2.